The monoisotopic (exact) mass is 140 g/mol. The normalized spacial score (nSPS) is 10.1. The quantitative estimate of drug-likeness (QED) is 0.611. The van der Waals surface area contributed by atoms with Crippen LogP contribution in [0.15, 0.2) is 12.4 Å². The molecule has 0 unspecified atom stereocenters. The summed E-state index contributed by atoms with van der Waals surface area (Å²) in [6.45, 7) is 1.56. The lowest BCUT2D eigenvalue weighted by atomic mass is 10.4. The van der Waals surface area contributed by atoms with E-state index < -0.39 is 0 Å². The summed E-state index contributed by atoms with van der Waals surface area (Å²) < 4.78 is 1.88. The molecule has 1 rings (SSSR count). The molecule has 0 atom stereocenters. The fourth-order valence-electron chi connectivity index (χ4n) is 0.791. The lowest BCUT2D eigenvalue weighted by molar-refractivity contribution is 0.658. The molecule has 4 nitrogen and oxygen atoms in total. The minimum absolute atomic E-state index is 0.563. The summed E-state index contributed by atoms with van der Waals surface area (Å²) in [7, 11) is 0. The topological polar surface area (TPSA) is 69.9 Å². The largest absolute Gasteiger partial charge is 0.369 e. The van der Waals surface area contributed by atoms with E-state index in [-0.39, 0.29) is 0 Å². The highest BCUT2D eigenvalue weighted by atomic mass is 15.1. The number of nitrogens with two attached hydrogens (primary N) is 2. The number of nitrogens with zero attached hydrogens (tertiary/aromatic N) is 2. The molecule has 0 amide bonds. The fourth-order valence-corrected chi connectivity index (χ4v) is 0.791. The van der Waals surface area contributed by atoms with Gasteiger partial charge in [0.1, 0.15) is 0 Å². The minimum atomic E-state index is 0.563. The first-order valence-electron chi connectivity index (χ1n) is 3.31. The van der Waals surface area contributed by atoms with Crippen LogP contribution in [0, 0.1) is 0 Å². The van der Waals surface area contributed by atoms with Crippen LogP contribution in [-0.2, 0) is 6.54 Å². The highest BCUT2D eigenvalue weighted by molar-refractivity contribution is 5.16. The molecule has 0 saturated carbocycles. The first-order valence-corrected chi connectivity index (χ1v) is 3.31. The third-order valence-corrected chi connectivity index (χ3v) is 1.35. The molecule has 0 bridgehead atoms. The van der Waals surface area contributed by atoms with Crippen LogP contribution < -0.4 is 11.5 Å². The van der Waals surface area contributed by atoms with Gasteiger partial charge in [0, 0.05) is 18.9 Å². The molecule has 0 spiro atoms. The zero-order valence-electron chi connectivity index (χ0n) is 5.83. The van der Waals surface area contributed by atoms with Gasteiger partial charge in [-0.15, -0.1) is 0 Å². The number of imidazole rings is 1. The maximum absolute atomic E-state index is 5.49. The predicted molar refractivity (Wildman–Crippen MR) is 40.3 cm³/mol. The molecule has 56 valence electrons. The van der Waals surface area contributed by atoms with Crippen molar-refractivity contribution in [3.63, 3.8) is 0 Å². The first-order chi connectivity index (χ1) is 4.84. The Labute approximate surface area is 59.8 Å². The molecule has 4 N–H and O–H groups in total. The number of aromatic nitrogens is 2. The third-order valence-electron chi connectivity index (χ3n) is 1.35. The summed E-state index contributed by atoms with van der Waals surface area (Å²) in [6.07, 6.45) is 4.48. The number of aryl methyl sites for hydroxylation is 1. The molecule has 1 aromatic heterocycles. The highest BCUT2D eigenvalue weighted by Gasteiger charge is 1.93. The van der Waals surface area contributed by atoms with Crippen molar-refractivity contribution in [1.29, 1.82) is 0 Å². The lowest BCUT2D eigenvalue weighted by Crippen LogP contribution is -2.07. The van der Waals surface area contributed by atoms with Gasteiger partial charge in [0.25, 0.3) is 0 Å². The van der Waals surface area contributed by atoms with E-state index in [4.69, 9.17) is 11.5 Å². The van der Waals surface area contributed by atoms with E-state index in [1.165, 1.54) is 0 Å². The van der Waals surface area contributed by atoms with Crippen LogP contribution in [0.2, 0.25) is 0 Å². The van der Waals surface area contributed by atoms with Crippen molar-refractivity contribution in [2.24, 2.45) is 5.73 Å². The molecular weight excluding hydrogens is 128 g/mol. The van der Waals surface area contributed by atoms with Crippen LogP contribution >= 0.6 is 0 Å². The molecule has 0 aromatic carbocycles. The summed E-state index contributed by atoms with van der Waals surface area (Å²) in [5.74, 6) is 0.563. The maximum atomic E-state index is 5.49. The Bertz CT molecular complexity index is 193. The van der Waals surface area contributed by atoms with Crippen LogP contribution in [0.4, 0.5) is 5.95 Å². The van der Waals surface area contributed by atoms with Crippen molar-refractivity contribution in [2.75, 3.05) is 12.3 Å². The van der Waals surface area contributed by atoms with Gasteiger partial charge in [-0.3, -0.25) is 0 Å². The van der Waals surface area contributed by atoms with Gasteiger partial charge in [-0.25, -0.2) is 4.98 Å². The Balaban J connectivity index is 2.49. The van der Waals surface area contributed by atoms with Crippen LogP contribution in [-0.4, -0.2) is 16.1 Å². The van der Waals surface area contributed by atoms with E-state index in [0.717, 1.165) is 13.0 Å². The van der Waals surface area contributed by atoms with Crippen LogP contribution in [0.25, 0.3) is 0 Å². The maximum Gasteiger partial charge on any atom is 0.200 e. The Morgan fingerprint density at radius 3 is 2.90 bits per heavy atom. The Hall–Kier alpha value is -1.03. The summed E-state index contributed by atoms with van der Waals surface area (Å²) in [4.78, 5) is 3.87. The predicted octanol–water partition coefficient (Wildman–Crippen LogP) is -0.186. The van der Waals surface area contributed by atoms with Gasteiger partial charge in [0.15, 0.2) is 5.95 Å². The molecule has 0 radical (unpaired) electrons. The fraction of sp³-hybridized carbons (Fsp3) is 0.500. The number of hydrogen-bond donors (Lipinski definition) is 2. The standard InChI is InChI=1S/C6H12N4/c7-2-1-4-10-5-3-9-6(10)8/h3,5H,1-2,4,7H2,(H2,8,9). The van der Waals surface area contributed by atoms with Crippen LogP contribution in [0.3, 0.4) is 0 Å². The average Bonchev–Trinajstić information content (AvgIpc) is 2.31. The van der Waals surface area contributed by atoms with E-state index in [2.05, 4.69) is 4.98 Å². The molecule has 0 aliphatic carbocycles. The summed E-state index contributed by atoms with van der Waals surface area (Å²) in [5.41, 5.74) is 10.8. The summed E-state index contributed by atoms with van der Waals surface area (Å²) in [5, 5.41) is 0. The molecule has 4 heteroatoms. The van der Waals surface area contributed by atoms with Gasteiger partial charge < -0.3 is 16.0 Å². The number of anilines is 1. The van der Waals surface area contributed by atoms with Crippen molar-refractivity contribution in [2.45, 2.75) is 13.0 Å². The second-order valence-electron chi connectivity index (χ2n) is 2.12. The second-order valence-corrected chi connectivity index (χ2v) is 2.12. The smallest absolute Gasteiger partial charge is 0.200 e. The number of rotatable bonds is 3. The minimum Gasteiger partial charge on any atom is -0.369 e. The van der Waals surface area contributed by atoms with Crippen molar-refractivity contribution in [3.05, 3.63) is 12.4 Å². The van der Waals surface area contributed by atoms with Crippen molar-refractivity contribution in [1.82, 2.24) is 9.55 Å². The van der Waals surface area contributed by atoms with Crippen LogP contribution in [0.5, 0.6) is 0 Å². The van der Waals surface area contributed by atoms with E-state index >= 15 is 0 Å². The van der Waals surface area contributed by atoms with Gasteiger partial charge in [-0.05, 0) is 13.0 Å². The molecular formula is C6H12N4. The molecule has 0 aliphatic rings. The first kappa shape index (κ1) is 7.08. The van der Waals surface area contributed by atoms with Gasteiger partial charge in [-0.1, -0.05) is 0 Å². The highest BCUT2D eigenvalue weighted by Crippen LogP contribution is 1.98. The SMILES string of the molecule is NCCCn1ccnc1N. The van der Waals surface area contributed by atoms with E-state index in [9.17, 15) is 0 Å². The van der Waals surface area contributed by atoms with E-state index in [1.54, 1.807) is 6.20 Å². The Kier molecular flexibility index (Phi) is 2.28. The summed E-state index contributed by atoms with van der Waals surface area (Å²) >= 11 is 0. The van der Waals surface area contributed by atoms with E-state index in [0.29, 0.717) is 12.5 Å². The van der Waals surface area contributed by atoms with E-state index in [1.807, 2.05) is 10.8 Å². The molecule has 10 heavy (non-hydrogen) atoms. The van der Waals surface area contributed by atoms with Gasteiger partial charge in [0.2, 0.25) is 0 Å². The zero-order chi connectivity index (χ0) is 7.40. The Morgan fingerprint density at radius 1 is 1.60 bits per heavy atom. The number of nitrogen functional groups attached to an aromatic ring is 1. The molecule has 1 aromatic rings. The molecule has 0 fully saturated rings. The lowest BCUT2D eigenvalue weighted by Gasteiger charge is -2.00. The molecule has 0 aliphatic heterocycles. The van der Waals surface area contributed by atoms with Gasteiger partial charge in [-0.2, -0.15) is 0 Å². The van der Waals surface area contributed by atoms with Gasteiger partial charge >= 0.3 is 0 Å². The van der Waals surface area contributed by atoms with Crippen LogP contribution in [0.1, 0.15) is 6.42 Å². The molecule has 0 saturated heterocycles. The van der Waals surface area contributed by atoms with Crippen molar-refractivity contribution in [3.8, 4) is 0 Å². The number of hydrogen-bond acceptors (Lipinski definition) is 3. The Morgan fingerprint density at radius 2 is 2.40 bits per heavy atom. The van der Waals surface area contributed by atoms with Crippen molar-refractivity contribution >= 4 is 5.95 Å². The average molecular weight is 140 g/mol. The second kappa shape index (κ2) is 3.22. The summed E-state index contributed by atoms with van der Waals surface area (Å²) in [6, 6.07) is 0. The van der Waals surface area contributed by atoms with Gasteiger partial charge in [0.05, 0.1) is 0 Å². The zero-order valence-corrected chi connectivity index (χ0v) is 5.83. The van der Waals surface area contributed by atoms with Crippen molar-refractivity contribution < 1.29 is 0 Å². The molecule has 1 heterocycles. The third kappa shape index (κ3) is 1.48.